The molecule has 0 aromatic rings. The maximum absolute atomic E-state index is 8.33. The van der Waals surface area contributed by atoms with E-state index in [4.69, 9.17) is 15.0 Å². The first-order chi connectivity index (χ1) is 2.73. The van der Waals surface area contributed by atoms with Crippen molar-refractivity contribution in [3.63, 3.8) is 0 Å². The van der Waals surface area contributed by atoms with Gasteiger partial charge in [-0.2, -0.15) is 0 Å². The standard InChI is InChI=1S/CH2O3.BrH.Cs.Cu/c2-1(3)4;;;/h(H2,2,3,4);1H;;/q;;+1;+2/p-3. The molecule has 0 atom stereocenters. The quantitative estimate of drug-likeness (QED) is 0.418. The number of carbonyl (C=O) groups excluding carboxylic acids is 1. The predicted molar refractivity (Wildman–Crippen MR) is 14.3 cm³/mol. The fraction of sp³-hybridized carbons (Fsp3) is 0. The van der Waals surface area contributed by atoms with E-state index in [2.05, 4.69) is 28.3 Å². The van der Waals surface area contributed by atoms with Crippen LogP contribution in [0.2, 0.25) is 0 Å². The zero-order valence-corrected chi connectivity index (χ0v) is 12.2. The molecule has 0 N–H and O–H groups in total. The molecule has 0 rings (SSSR count). The number of rotatable bonds is 0. The zero-order valence-electron chi connectivity index (χ0n) is 3.40. The SMILES string of the molecule is O=C([O-])[O-].[Cs+].[Cu+][Br]. The third-order valence-electron chi connectivity index (χ3n) is 0. The topological polar surface area (TPSA) is 63.2 Å². The summed E-state index contributed by atoms with van der Waals surface area (Å²) in [7, 11) is 0. The van der Waals surface area contributed by atoms with Crippen molar-refractivity contribution in [3.05, 3.63) is 0 Å². The Morgan fingerprint density at radius 2 is 1.43 bits per heavy atom. The van der Waals surface area contributed by atoms with Crippen LogP contribution in [0.15, 0.2) is 0 Å². The van der Waals surface area contributed by atoms with Crippen LogP contribution in [-0.4, -0.2) is 6.16 Å². The molecule has 0 heterocycles. The van der Waals surface area contributed by atoms with Crippen molar-refractivity contribution in [2.75, 3.05) is 0 Å². The molecule has 7 heavy (non-hydrogen) atoms. The minimum atomic E-state index is -2.33. The fourth-order valence-electron chi connectivity index (χ4n) is 0. The Morgan fingerprint density at radius 3 is 1.43 bits per heavy atom. The molecule has 6 heteroatoms. The summed E-state index contributed by atoms with van der Waals surface area (Å²) in [6.45, 7) is 0. The molecule has 3 nitrogen and oxygen atoms in total. The van der Waals surface area contributed by atoms with Gasteiger partial charge in [0.05, 0.1) is 0 Å². The van der Waals surface area contributed by atoms with E-state index in [0.717, 1.165) is 0 Å². The first-order valence-corrected chi connectivity index (χ1v) is 3.05. The molecule has 41 valence electrons. The van der Waals surface area contributed by atoms with Crippen LogP contribution < -0.4 is 79.1 Å². The van der Waals surface area contributed by atoms with Crippen molar-refractivity contribution in [1.82, 2.24) is 0 Å². The molecule has 0 aliphatic rings. The third-order valence-corrected chi connectivity index (χ3v) is 0. The molecule has 0 radical (unpaired) electrons. The van der Waals surface area contributed by atoms with Gasteiger partial charge in [0.15, 0.2) is 0 Å². The Bertz CT molecular complexity index is 37.9. The van der Waals surface area contributed by atoms with Crippen LogP contribution in [0.3, 0.4) is 0 Å². The Labute approximate surface area is 115 Å². The van der Waals surface area contributed by atoms with E-state index in [-0.39, 0.29) is 68.9 Å². The predicted octanol–water partition coefficient (Wildman–Crippen LogP) is -4.60. The number of carbonyl (C=O) groups is 1. The van der Waals surface area contributed by atoms with Gasteiger partial charge in [0.1, 0.15) is 0 Å². The van der Waals surface area contributed by atoms with Crippen LogP contribution in [0, 0.1) is 0 Å². The number of halogens is 1. The molecular weight excluding hydrogens is 336 g/mol. The van der Waals surface area contributed by atoms with Gasteiger partial charge in [-0.3, -0.25) is 0 Å². The summed E-state index contributed by atoms with van der Waals surface area (Å²) in [6.07, 6.45) is -2.33. The van der Waals surface area contributed by atoms with Crippen molar-refractivity contribution in [2.24, 2.45) is 0 Å². The average Bonchev–Trinajstić information content (AvgIpc) is 1.41. The van der Waals surface area contributed by atoms with Crippen molar-refractivity contribution in [1.29, 1.82) is 0 Å². The van der Waals surface area contributed by atoms with Crippen molar-refractivity contribution < 1.29 is 98.1 Å². The summed E-state index contributed by atoms with van der Waals surface area (Å²) in [5.41, 5.74) is 0. The van der Waals surface area contributed by atoms with Gasteiger partial charge < -0.3 is 15.0 Å². The summed E-state index contributed by atoms with van der Waals surface area (Å²) in [5, 5.41) is 16.7. The second-order valence-electron chi connectivity index (χ2n) is 0.250. The monoisotopic (exact) mass is 335 g/mol. The molecule has 0 fully saturated rings. The van der Waals surface area contributed by atoms with Gasteiger partial charge in [0, 0.05) is 0 Å². The first-order valence-electron chi connectivity index (χ1n) is 0.726. The van der Waals surface area contributed by atoms with Gasteiger partial charge in [-0.15, -0.1) is 0 Å². The van der Waals surface area contributed by atoms with Gasteiger partial charge in [-0.1, -0.05) is 0 Å². The minimum absolute atomic E-state index is 0. The summed E-state index contributed by atoms with van der Waals surface area (Å²) in [5.74, 6) is 0. The Balaban J connectivity index is -0.0000000480. The van der Waals surface area contributed by atoms with Gasteiger partial charge in [-0.25, -0.2) is 0 Å². The number of hydrogen-bond donors (Lipinski definition) is 0. The molecule has 0 aromatic carbocycles. The number of carboxylic acid groups (broad SMARTS) is 2. The van der Waals surface area contributed by atoms with Crippen molar-refractivity contribution in [3.8, 4) is 0 Å². The van der Waals surface area contributed by atoms with E-state index in [1.807, 2.05) is 0 Å². The van der Waals surface area contributed by atoms with E-state index in [1.54, 1.807) is 0 Å². The second-order valence-corrected chi connectivity index (χ2v) is 0.250. The zero-order chi connectivity index (χ0) is 5.58. The summed E-state index contributed by atoms with van der Waals surface area (Å²) in [6, 6.07) is 0. The Morgan fingerprint density at radius 1 is 1.43 bits per heavy atom. The molecule has 0 unspecified atom stereocenters. The summed E-state index contributed by atoms with van der Waals surface area (Å²) in [4.78, 5) is 8.33. The average molecular weight is 336 g/mol. The molecule has 0 aliphatic carbocycles. The molecule has 0 bridgehead atoms. The van der Waals surface area contributed by atoms with E-state index in [1.165, 1.54) is 0 Å². The molecule has 0 amide bonds. The van der Waals surface area contributed by atoms with Crippen molar-refractivity contribution in [2.45, 2.75) is 0 Å². The first kappa shape index (κ1) is 16.2. The normalized spacial score (nSPS) is 4.43. The maximum atomic E-state index is 8.33. The summed E-state index contributed by atoms with van der Waals surface area (Å²) >= 11 is 6.50. The van der Waals surface area contributed by atoms with E-state index < -0.39 is 6.16 Å². The molecule has 0 saturated heterocycles. The van der Waals surface area contributed by atoms with Crippen LogP contribution in [0.1, 0.15) is 0 Å². The van der Waals surface area contributed by atoms with E-state index in [9.17, 15) is 0 Å². The van der Waals surface area contributed by atoms with Gasteiger partial charge in [0.25, 0.3) is 0 Å². The van der Waals surface area contributed by atoms with Gasteiger partial charge >= 0.3 is 97.2 Å². The summed E-state index contributed by atoms with van der Waals surface area (Å²) < 4.78 is 0. The van der Waals surface area contributed by atoms with Crippen LogP contribution in [-0.2, 0) is 14.2 Å². The molecule has 0 spiro atoms. The molecule has 0 aromatic heterocycles. The van der Waals surface area contributed by atoms with Gasteiger partial charge in [0.2, 0.25) is 0 Å². The van der Waals surface area contributed by atoms with Crippen molar-refractivity contribution >= 4 is 20.3 Å². The fourth-order valence-corrected chi connectivity index (χ4v) is 0. The van der Waals surface area contributed by atoms with Crippen LogP contribution in [0.25, 0.3) is 0 Å². The van der Waals surface area contributed by atoms with E-state index in [0.29, 0.717) is 0 Å². The molecule has 0 aliphatic heterocycles. The van der Waals surface area contributed by atoms with Crippen LogP contribution in [0.4, 0.5) is 4.79 Å². The second kappa shape index (κ2) is 15.8. The number of hydrogen-bond acceptors (Lipinski definition) is 3. The molecule has 0 saturated carbocycles. The van der Waals surface area contributed by atoms with Crippen LogP contribution in [0.5, 0.6) is 0 Å². The Hall–Kier alpha value is 2.32. The van der Waals surface area contributed by atoms with Crippen LogP contribution >= 0.6 is 14.1 Å². The Kier molecular flexibility index (Phi) is 36.3. The third kappa shape index (κ3) is 61.7. The molecular formula is CBrCsCuO3. The van der Waals surface area contributed by atoms with E-state index >= 15 is 0 Å². The van der Waals surface area contributed by atoms with Gasteiger partial charge in [-0.05, 0) is 6.16 Å².